The molecule has 98 valence electrons. The van der Waals surface area contributed by atoms with Crippen LogP contribution in [0.25, 0.3) is 11.3 Å². The molecular formula is C13H14N4O2. The van der Waals surface area contributed by atoms with Crippen LogP contribution >= 0.6 is 0 Å². The number of hydrogen-bond donors (Lipinski definition) is 2. The summed E-state index contributed by atoms with van der Waals surface area (Å²) in [6.07, 6.45) is 1.49. The lowest BCUT2D eigenvalue weighted by Gasteiger charge is -2.07. The SMILES string of the molecule is CCOc1cccc(-c2cnc(N)c(C(N)=O)n2)c1. The van der Waals surface area contributed by atoms with Gasteiger partial charge in [-0.3, -0.25) is 4.79 Å². The van der Waals surface area contributed by atoms with Gasteiger partial charge in [0.05, 0.1) is 18.5 Å². The Labute approximate surface area is 110 Å². The van der Waals surface area contributed by atoms with Crippen molar-refractivity contribution < 1.29 is 9.53 Å². The largest absolute Gasteiger partial charge is 0.494 e. The summed E-state index contributed by atoms with van der Waals surface area (Å²) in [5, 5.41) is 0. The Morgan fingerprint density at radius 3 is 2.89 bits per heavy atom. The summed E-state index contributed by atoms with van der Waals surface area (Å²) < 4.78 is 5.40. The minimum atomic E-state index is -0.701. The van der Waals surface area contributed by atoms with E-state index in [1.165, 1.54) is 6.20 Å². The number of nitrogens with zero attached hydrogens (tertiary/aromatic N) is 2. The van der Waals surface area contributed by atoms with Crippen LogP contribution in [-0.4, -0.2) is 22.5 Å². The molecule has 0 saturated heterocycles. The molecule has 2 rings (SSSR count). The topological polar surface area (TPSA) is 104 Å². The van der Waals surface area contributed by atoms with Gasteiger partial charge in [-0.25, -0.2) is 9.97 Å². The van der Waals surface area contributed by atoms with Crippen molar-refractivity contribution in [1.82, 2.24) is 9.97 Å². The van der Waals surface area contributed by atoms with E-state index in [0.29, 0.717) is 12.3 Å². The van der Waals surface area contributed by atoms with Crippen molar-refractivity contribution in [3.8, 4) is 17.0 Å². The standard InChI is InChI=1S/C13H14N4O2/c1-2-19-9-5-3-4-8(6-9)10-7-16-12(14)11(17-10)13(15)18/h3-7H,2H2,1H3,(H2,14,16)(H2,15,18). The highest BCUT2D eigenvalue weighted by Gasteiger charge is 2.11. The number of aromatic nitrogens is 2. The van der Waals surface area contributed by atoms with Crippen molar-refractivity contribution in [1.29, 1.82) is 0 Å². The van der Waals surface area contributed by atoms with Gasteiger partial charge in [-0.15, -0.1) is 0 Å². The molecule has 0 bridgehead atoms. The van der Waals surface area contributed by atoms with E-state index in [4.69, 9.17) is 16.2 Å². The van der Waals surface area contributed by atoms with Gasteiger partial charge in [-0.05, 0) is 19.1 Å². The van der Waals surface area contributed by atoms with E-state index in [1.807, 2.05) is 31.2 Å². The molecule has 0 aliphatic carbocycles. The molecule has 6 heteroatoms. The molecule has 0 unspecified atom stereocenters. The van der Waals surface area contributed by atoms with E-state index in [2.05, 4.69) is 9.97 Å². The minimum absolute atomic E-state index is 0.0252. The van der Waals surface area contributed by atoms with Gasteiger partial charge in [0.25, 0.3) is 5.91 Å². The zero-order valence-electron chi connectivity index (χ0n) is 10.5. The van der Waals surface area contributed by atoms with Gasteiger partial charge in [-0.1, -0.05) is 12.1 Å². The average molecular weight is 258 g/mol. The Balaban J connectivity index is 2.44. The van der Waals surface area contributed by atoms with Crippen molar-refractivity contribution in [2.75, 3.05) is 12.3 Å². The lowest BCUT2D eigenvalue weighted by atomic mass is 10.1. The molecule has 1 amide bonds. The zero-order valence-corrected chi connectivity index (χ0v) is 10.5. The summed E-state index contributed by atoms with van der Waals surface area (Å²) in [5.74, 6) is 0.0456. The molecule has 6 nitrogen and oxygen atoms in total. The summed E-state index contributed by atoms with van der Waals surface area (Å²) >= 11 is 0. The summed E-state index contributed by atoms with van der Waals surface area (Å²) in [4.78, 5) is 19.2. The van der Waals surface area contributed by atoms with Gasteiger partial charge in [0.1, 0.15) is 5.75 Å². The van der Waals surface area contributed by atoms with Crippen LogP contribution in [0.1, 0.15) is 17.4 Å². The Kier molecular flexibility index (Phi) is 3.61. The molecule has 1 heterocycles. The fourth-order valence-corrected chi connectivity index (χ4v) is 1.63. The van der Waals surface area contributed by atoms with Gasteiger partial charge < -0.3 is 16.2 Å². The van der Waals surface area contributed by atoms with E-state index < -0.39 is 5.91 Å². The highest BCUT2D eigenvalue weighted by molar-refractivity contribution is 5.95. The van der Waals surface area contributed by atoms with E-state index in [0.717, 1.165) is 11.3 Å². The van der Waals surface area contributed by atoms with Crippen LogP contribution in [0.3, 0.4) is 0 Å². The van der Waals surface area contributed by atoms with Gasteiger partial charge >= 0.3 is 0 Å². The van der Waals surface area contributed by atoms with Crippen LogP contribution < -0.4 is 16.2 Å². The van der Waals surface area contributed by atoms with Crippen molar-refractivity contribution in [2.24, 2.45) is 5.73 Å². The normalized spacial score (nSPS) is 10.2. The fourth-order valence-electron chi connectivity index (χ4n) is 1.63. The molecule has 0 aliphatic rings. The number of nitrogen functional groups attached to an aromatic ring is 1. The van der Waals surface area contributed by atoms with Crippen molar-refractivity contribution in [2.45, 2.75) is 6.92 Å². The molecule has 1 aromatic carbocycles. The number of amides is 1. The molecule has 19 heavy (non-hydrogen) atoms. The second kappa shape index (κ2) is 5.34. The Morgan fingerprint density at radius 1 is 1.42 bits per heavy atom. The second-order valence-electron chi connectivity index (χ2n) is 3.81. The quantitative estimate of drug-likeness (QED) is 0.858. The van der Waals surface area contributed by atoms with Crippen LogP contribution in [-0.2, 0) is 0 Å². The highest BCUT2D eigenvalue weighted by Crippen LogP contribution is 2.23. The molecule has 4 N–H and O–H groups in total. The zero-order chi connectivity index (χ0) is 13.8. The third-order valence-electron chi connectivity index (χ3n) is 2.47. The second-order valence-corrected chi connectivity index (χ2v) is 3.81. The first-order chi connectivity index (χ1) is 9.11. The lowest BCUT2D eigenvalue weighted by molar-refractivity contribution is 0.0996. The van der Waals surface area contributed by atoms with Gasteiger partial charge in [-0.2, -0.15) is 0 Å². The molecule has 2 aromatic rings. The van der Waals surface area contributed by atoms with Gasteiger partial charge in [0.15, 0.2) is 11.5 Å². The Morgan fingerprint density at radius 2 is 2.21 bits per heavy atom. The number of rotatable bonds is 4. The van der Waals surface area contributed by atoms with Crippen LogP contribution in [0.2, 0.25) is 0 Å². The third kappa shape index (κ3) is 2.79. The maximum atomic E-state index is 11.2. The van der Waals surface area contributed by atoms with Crippen molar-refractivity contribution in [3.05, 3.63) is 36.2 Å². The van der Waals surface area contributed by atoms with E-state index in [9.17, 15) is 4.79 Å². The lowest BCUT2D eigenvalue weighted by Crippen LogP contribution is -2.17. The van der Waals surface area contributed by atoms with Crippen molar-refractivity contribution in [3.63, 3.8) is 0 Å². The minimum Gasteiger partial charge on any atom is -0.494 e. The first-order valence-electron chi connectivity index (χ1n) is 5.77. The molecule has 0 saturated carbocycles. The Hall–Kier alpha value is -2.63. The maximum Gasteiger partial charge on any atom is 0.271 e. The number of ether oxygens (including phenoxy) is 1. The summed E-state index contributed by atoms with van der Waals surface area (Å²) in [7, 11) is 0. The molecule has 0 fully saturated rings. The average Bonchev–Trinajstić information content (AvgIpc) is 2.39. The van der Waals surface area contributed by atoms with Crippen molar-refractivity contribution >= 4 is 11.7 Å². The number of hydrogen-bond acceptors (Lipinski definition) is 5. The molecular weight excluding hydrogens is 244 g/mol. The Bertz CT molecular complexity index is 613. The predicted molar refractivity (Wildman–Crippen MR) is 71.6 cm³/mol. The highest BCUT2D eigenvalue weighted by atomic mass is 16.5. The predicted octanol–water partition coefficient (Wildman–Crippen LogP) is 1.22. The van der Waals surface area contributed by atoms with Gasteiger partial charge in [0.2, 0.25) is 0 Å². The number of carbonyl (C=O) groups is 1. The van der Waals surface area contributed by atoms with E-state index >= 15 is 0 Å². The molecule has 0 radical (unpaired) electrons. The fraction of sp³-hybridized carbons (Fsp3) is 0.154. The maximum absolute atomic E-state index is 11.2. The number of anilines is 1. The molecule has 1 aromatic heterocycles. The molecule has 0 aliphatic heterocycles. The van der Waals surface area contributed by atoms with E-state index in [1.54, 1.807) is 0 Å². The third-order valence-corrected chi connectivity index (χ3v) is 2.47. The summed E-state index contributed by atoms with van der Waals surface area (Å²) in [5.41, 5.74) is 12.0. The smallest absolute Gasteiger partial charge is 0.271 e. The summed E-state index contributed by atoms with van der Waals surface area (Å²) in [6, 6.07) is 7.33. The monoisotopic (exact) mass is 258 g/mol. The number of nitrogens with two attached hydrogens (primary N) is 2. The van der Waals surface area contributed by atoms with Crippen LogP contribution in [0, 0.1) is 0 Å². The molecule has 0 atom stereocenters. The number of primary amides is 1. The molecule has 0 spiro atoms. The first kappa shape index (κ1) is 12.8. The van der Waals surface area contributed by atoms with E-state index in [-0.39, 0.29) is 11.5 Å². The summed E-state index contributed by atoms with van der Waals surface area (Å²) in [6.45, 7) is 2.48. The number of carbonyl (C=O) groups excluding carboxylic acids is 1. The van der Waals surface area contributed by atoms with Gasteiger partial charge in [0, 0.05) is 5.56 Å². The van der Waals surface area contributed by atoms with Crippen LogP contribution in [0.4, 0.5) is 5.82 Å². The van der Waals surface area contributed by atoms with Crippen LogP contribution in [0.5, 0.6) is 5.75 Å². The first-order valence-corrected chi connectivity index (χ1v) is 5.77. The number of benzene rings is 1. The van der Waals surface area contributed by atoms with Crippen LogP contribution in [0.15, 0.2) is 30.5 Å².